The molecule has 1 unspecified atom stereocenters. The lowest BCUT2D eigenvalue weighted by atomic mass is 10.2. The first-order valence-corrected chi connectivity index (χ1v) is 8.41. The average molecular weight is 300 g/mol. The molecule has 0 bridgehead atoms. The van der Waals surface area contributed by atoms with Crippen molar-refractivity contribution in [1.29, 1.82) is 0 Å². The van der Waals surface area contributed by atoms with Crippen LogP contribution in [0.5, 0.6) is 0 Å². The van der Waals surface area contributed by atoms with Gasteiger partial charge in [0.25, 0.3) is 0 Å². The van der Waals surface area contributed by atoms with Crippen molar-refractivity contribution in [3.05, 3.63) is 17.3 Å². The minimum atomic E-state index is 0.498. The van der Waals surface area contributed by atoms with Crippen molar-refractivity contribution in [2.75, 3.05) is 11.4 Å². The Hall–Kier alpha value is -0.740. The lowest BCUT2D eigenvalue weighted by Gasteiger charge is -2.29. The normalized spacial score (nSPS) is 13.1. The van der Waals surface area contributed by atoms with Gasteiger partial charge in [0.1, 0.15) is 0 Å². The third-order valence-electron chi connectivity index (χ3n) is 3.61. The summed E-state index contributed by atoms with van der Waals surface area (Å²) in [5, 5.41) is 2.06. The van der Waals surface area contributed by atoms with Crippen LogP contribution in [-0.2, 0) is 5.88 Å². The number of rotatable bonds is 7. The lowest BCUT2D eigenvalue weighted by molar-refractivity contribution is 0.589. The van der Waals surface area contributed by atoms with Crippen LogP contribution in [0.4, 0.5) is 5.82 Å². The van der Waals surface area contributed by atoms with Crippen molar-refractivity contribution in [2.24, 2.45) is 0 Å². The van der Waals surface area contributed by atoms with Gasteiger partial charge in [-0.2, -0.15) is 0 Å². The molecule has 0 radical (unpaired) electrons. The molecule has 0 amide bonds. The molecule has 0 N–H and O–H groups in total. The second kappa shape index (κ2) is 6.62. The highest BCUT2D eigenvalue weighted by Crippen LogP contribution is 2.28. The summed E-state index contributed by atoms with van der Waals surface area (Å²) in [4.78, 5) is 8.24. The molecule has 0 saturated carbocycles. The molecule has 2 aromatic rings. The molecule has 0 saturated heterocycles. The quantitative estimate of drug-likeness (QED) is 0.700. The van der Waals surface area contributed by atoms with Crippen molar-refractivity contribution in [3.8, 4) is 0 Å². The van der Waals surface area contributed by atoms with Crippen LogP contribution in [0.2, 0.25) is 0 Å². The van der Waals surface area contributed by atoms with E-state index in [0.29, 0.717) is 11.9 Å². The number of thiazole rings is 1. The summed E-state index contributed by atoms with van der Waals surface area (Å²) in [6.45, 7) is 7.77. The van der Waals surface area contributed by atoms with Gasteiger partial charge in [-0.1, -0.05) is 20.3 Å². The number of hydrogen-bond acceptors (Lipinski definition) is 3. The molecule has 5 heteroatoms. The largest absolute Gasteiger partial charge is 0.352 e. The Bertz CT molecular complexity index is 520. The molecule has 2 rings (SSSR count). The standard InChI is InChI=1S/C14H22ClN3S/c1-4-6-7-17(11(3)5-2)13-12(10-15)18-8-9-19-14(18)16-13/h8-9,11H,4-7,10H2,1-3H3. The van der Waals surface area contributed by atoms with Gasteiger partial charge >= 0.3 is 0 Å². The fourth-order valence-electron chi connectivity index (χ4n) is 2.26. The number of aromatic nitrogens is 2. The van der Waals surface area contributed by atoms with Crippen LogP contribution >= 0.6 is 22.9 Å². The molecule has 1 atom stereocenters. The summed E-state index contributed by atoms with van der Waals surface area (Å²) >= 11 is 7.82. The molecule has 19 heavy (non-hydrogen) atoms. The number of hydrogen-bond donors (Lipinski definition) is 0. The predicted molar refractivity (Wildman–Crippen MR) is 84.6 cm³/mol. The maximum atomic E-state index is 6.15. The summed E-state index contributed by atoms with van der Waals surface area (Å²) in [6, 6.07) is 0.498. The Morgan fingerprint density at radius 1 is 1.47 bits per heavy atom. The van der Waals surface area contributed by atoms with E-state index in [0.717, 1.165) is 29.4 Å². The van der Waals surface area contributed by atoms with Gasteiger partial charge in [0.15, 0.2) is 10.8 Å². The van der Waals surface area contributed by atoms with Gasteiger partial charge in [0.05, 0.1) is 11.6 Å². The van der Waals surface area contributed by atoms with E-state index in [1.54, 1.807) is 11.3 Å². The van der Waals surface area contributed by atoms with Gasteiger partial charge in [-0.3, -0.25) is 4.40 Å². The summed E-state index contributed by atoms with van der Waals surface area (Å²) < 4.78 is 2.12. The van der Waals surface area contributed by atoms with Crippen LogP contribution in [0.25, 0.3) is 4.96 Å². The highest BCUT2D eigenvalue weighted by Gasteiger charge is 2.21. The van der Waals surface area contributed by atoms with E-state index in [1.807, 2.05) is 0 Å². The molecule has 106 valence electrons. The third kappa shape index (κ3) is 2.90. The summed E-state index contributed by atoms with van der Waals surface area (Å²) in [5.41, 5.74) is 1.12. The number of alkyl halides is 1. The Balaban J connectivity index is 2.39. The predicted octanol–water partition coefficient (Wildman–Crippen LogP) is 4.54. The van der Waals surface area contributed by atoms with E-state index >= 15 is 0 Å². The average Bonchev–Trinajstić information content (AvgIpc) is 2.99. The number of nitrogens with zero attached hydrogens (tertiary/aromatic N) is 3. The van der Waals surface area contributed by atoms with Crippen LogP contribution in [0.3, 0.4) is 0 Å². The van der Waals surface area contributed by atoms with E-state index in [2.05, 4.69) is 41.6 Å². The maximum Gasteiger partial charge on any atom is 0.195 e. The Morgan fingerprint density at radius 3 is 2.89 bits per heavy atom. The van der Waals surface area contributed by atoms with Gasteiger partial charge < -0.3 is 4.90 Å². The minimum Gasteiger partial charge on any atom is -0.352 e. The summed E-state index contributed by atoms with van der Waals surface area (Å²) in [6.07, 6.45) is 5.57. The first kappa shape index (κ1) is 14.7. The molecule has 2 heterocycles. The molecular formula is C14H22ClN3S. The van der Waals surface area contributed by atoms with Crippen LogP contribution in [0.15, 0.2) is 11.6 Å². The molecule has 0 aliphatic rings. The molecule has 2 aromatic heterocycles. The first-order valence-electron chi connectivity index (χ1n) is 6.99. The minimum absolute atomic E-state index is 0.498. The van der Waals surface area contributed by atoms with Crippen molar-refractivity contribution >= 4 is 33.7 Å². The molecule has 0 aliphatic carbocycles. The van der Waals surface area contributed by atoms with E-state index in [-0.39, 0.29) is 0 Å². The van der Waals surface area contributed by atoms with Crippen LogP contribution in [0.1, 0.15) is 45.7 Å². The Kier molecular flexibility index (Phi) is 5.11. The molecular weight excluding hydrogens is 278 g/mol. The molecule has 0 spiro atoms. The fourth-order valence-corrected chi connectivity index (χ4v) is 3.24. The molecule has 0 aromatic carbocycles. The van der Waals surface area contributed by atoms with Gasteiger partial charge in [-0.25, -0.2) is 4.98 Å². The van der Waals surface area contributed by atoms with Crippen LogP contribution < -0.4 is 4.90 Å². The van der Waals surface area contributed by atoms with Crippen molar-refractivity contribution < 1.29 is 0 Å². The number of fused-ring (bicyclic) bond motifs is 1. The third-order valence-corrected chi connectivity index (χ3v) is 4.62. The highest BCUT2D eigenvalue weighted by atomic mass is 35.5. The van der Waals surface area contributed by atoms with Crippen LogP contribution in [0, 0.1) is 0 Å². The monoisotopic (exact) mass is 299 g/mol. The zero-order valence-corrected chi connectivity index (χ0v) is 13.5. The molecule has 0 fully saturated rings. The first-order chi connectivity index (χ1) is 9.22. The Labute approximate surface area is 124 Å². The number of anilines is 1. The SMILES string of the molecule is CCCCN(c1nc2sccn2c1CCl)C(C)CC. The van der Waals surface area contributed by atoms with E-state index in [4.69, 9.17) is 16.6 Å². The smallest absolute Gasteiger partial charge is 0.195 e. The second-order valence-corrected chi connectivity index (χ2v) is 6.02. The molecule has 0 aliphatic heterocycles. The van der Waals surface area contributed by atoms with Gasteiger partial charge in [-0.15, -0.1) is 22.9 Å². The van der Waals surface area contributed by atoms with Gasteiger partial charge in [-0.05, 0) is 19.8 Å². The number of halogens is 1. The maximum absolute atomic E-state index is 6.15. The molecule has 3 nitrogen and oxygen atoms in total. The van der Waals surface area contributed by atoms with E-state index in [1.165, 1.54) is 12.8 Å². The van der Waals surface area contributed by atoms with Gasteiger partial charge in [0.2, 0.25) is 0 Å². The van der Waals surface area contributed by atoms with Gasteiger partial charge in [0, 0.05) is 24.2 Å². The lowest BCUT2D eigenvalue weighted by Crippen LogP contribution is -2.34. The van der Waals surface area contributed by atoms with E-state index < -0.39 is 0 Å². The summed E-state index contributed by atoms with van der Waals surface area (Å²) in [7, 11) is 0. The zero-order chi connectivity index (χ0) is 13.8. The summed E-state index contributed by atoms with van der Waals surface area (Å²) in [5.74, 6) is 1.58. The Morgan fingerprint density at radius 2 is 2.26 bits per heavy atom. The number of unbranched alkanes of at least 4 members (excludes halogenated alkanes) is 1. The van der Waals surface area contributed by atoms with Crippen molar-refractivity contribution in [1.82, 2.24) is 9.38 Å². The topological polar surface area (TPSA) is 20.5 Å². The zero-order valence-electron chi connectivity index (χ0n) is 11.9. The fraction of sp³-hybridized carbons (Fsp3) is 0.643. The highest BCUT2D eigenvalue weighted by molar-refractivity contribution is 7.15. The van der Waals surface area contributed by atoms with Crippen molar-refractivity contribution in [3.63, 3.8) is 0 Å². The van der Waals surface area contributed by atoms with Crippen molar-refractivity contribution in [2.45, 2.75) is 52.0 Å². The second-order valence-electron chi connectivity index (χ2n) is 4.88. The van der Waals surface area contributed by atoms with E-state index in [9.17, 15) is 0 Å². The van der Waals surface area contributed by atoms with Crippen LogP contribution in [-0.4, -0.2) is 22.0 Å². The number of imidazole rings is 1.